The number of ether oxygens (including phenoxy) is 1. The summed E-state index contributed by atoms with van der Waals surface area (Å²) in [4.78, 5) is 13.1. The zero-order valence-corrected chi connectivity index (χ0v) is 17.5. The number of anilines is 2. The summed E-state index contributed by atoms with van der Waals surface area (Å²) in [5.74, 6) is 0.889. The van der Waals surface area contributed by atoms with Gasteiger partial charge in [0.15, 0.2) is 0 Å². The molecule has 0 atom stereocenters. The van der Waals surface area contributed by atoms with Crippen LogP contribution in [0.15, 0.2) is 59.3 Å². The molecule has 29 heavy (non-hydrogen) atoms. The van der Waals surface area contributed by atoms with Crippen LogP contribution in [0.2, 0.25) is 0 Å². The molecule has 0 radical (unpaired) electrons. The summed E-state index contributed by atoms with van der Waals surface area (Å²) in [6, 6.07) is 14.5. The first kappa shape index (κ1) is 19.3. The van der Waals surface area contributed by atoms with Crippen LogP contribution in [-0.4, -0.2) is 22.8 Å². The van der Waals surface area contributed by atoms with Gasteiger partial charge in [-0.15, -0.1) is 0 Å². The van der Waals surface area contributed by atoms with Crippen LogP contribution >= 0.6 is 15.9 Å². The van der Waals surface area contributed by atoms with Crippen LogP contribution in [0.1, 0.15) is 11.4 Å². The van der Waals surface area contributed by atoms with Crippen LogP contribution in [-0.2, 0) is 6.61 Å². The first-order valence-electron chi connectivity index (χ1n) is 9.02. The highest BCUT2D eigenvalue weighted by Crippen LogP contribution is 2.27. The van der Waals surface area contributed by atoms with Crippen molar-refractivity contribution in [3.63, 3.8) is 0 Å². The molecule has 0 bridgehead atoms. The number of fused-ring (bicyclic) bond motifs is 1. The molecule has 0 fully saturated rings. The molecule has 0 aliphatic rings. The Labute approximate surface area is 176 Å². The van der Waals surface area contributed by atoms with Gasteiger partial charge in [-0.1, -0.05) is 28.1 Å². The second-order valence-corrected chi connectivity index (χ2v) is 7.58. The summed E-state index contributed by atoms with van der Waals surface area (Å²) in [5.41, 5.74) is 3.79. The molecule has 4 aromatic rings. The maximum atomic E-state index is 14.2. The largest absolute Gasteiger partial charge is 0.488 e. The molecular formula is C21H17BBrFN4O. The van der Waals surface area contributed by atoms with Gasteiger partial charge in [0.05, 0.1) is 16.9 Å². The van der Waals surface area contributed by atoms with Gasteiger partial charge in [0, 0.05) is 21.6 Å². The minimum Gasteiger partial charge on any atom is -0.488 e. The number of benzene rings is 2. The highest BCUT2D eigenvalue weighted by atomic mass is 79.9. The smallest absolute Gasteiger partial charge is 0.147 e. The molecular weight excluding hydrogens is 434 g/mol. The highest BCUT2D eigenvalue weighted by molar-refractivity contribution is 9.10. The SMILES string of the molecule is Bc1cc2c(Nc3ccc(Br)cc3F)ncnc2cc1OCc1cccc(C)n1. The number of aromatic nitrogens is 3. The minimum atomic E-state index is -0.367. The summed E-state index contributed by atoms with van der Waals surface area (Å²) in [5, 5.41) is 3.84. The molecule has 0 aliphatic carbocycles. The van der Waals surface area contributed by atoms with Crippen molar-refractivity contribution in [3.8, 4) is 5.75 Å². The Bertz CT molecular complexity index is 1200. The molecule has 0 unspecified atom stereocenters. The lowest BCUT2D eigenvalue weighted by molar-refractivity contribution is 0.304. The summed E-state index contributed by atoms with van der Waals surface area (Å²) in [7, 11) is 1.95. The zero-order chi connectivity index (χ0) is 20.4. The lowest BCUT2D eigenvalue weighted by Crippen LogP contribution is -2.11. The van der Waals surface area contributed by atoms with Gasteiger partial charge < -0.3 is 10.1 Å². The molecule has 0 spiro atoms. The Morgan fingerprint density at radius 3 is 2.79 bits per heavy atom. The summed E-state index contributed by atoms with van der Waals surface area (Å²) in [6.45, 7) is 2.32. The molecule has 144 valence electrons. The Morgan fingerprint density at radius 2 is 2.00 bits per heavy atom. The third-order valence-electron chi connectivity index (χ3n) is 4.44. The van der Waals surface area contributed by atoms with Crippen LogP contribution in [0, 0.1) is 12.7 Å². The van der Waals surface area contributed by atoms with Gasteiger partial charge in [0.2, 0.25) is 0 Å². The predicted octanol–water partition coefficient (Wildman–Crippen LogP) is 3.82. The van der Waals surface area contributed by atoms with E-state index in [1.807, 2.05) is 45.1 Å². The number of nitrogens with zero attached hydrogens (tertiary/aromatic N) is 3. The van der Waals surface area contributed by atoms with Crippen LogP contribution in [0.3, 0.4) is 0 Å². The fourth-order valence-corrected chi connectivity index (χ4v) is 3.33. The number of hydrogen-bond donors (Lipinski definition) is 1. The van der Waals surface area contributed by atoms with E-state index in [0.29, 0.717) is 28.1 Å². The van der Waals surface area contributed by atoms with Crippen LogP contribution in [0.25, 0.3) is 10.9 Å². The number of pyridine rings is 1. The van der Waals surface area contributed by atoms with Crippen molar-refractivity contribution in [1.82, 2.24) is 15.0 Å². The van der Waals surface area contributed by atoms with Gasteiger partial charge in [-0.3, -0.25) is 4.98 Å². The predicted molar refractivity (Wildman–Crippen MR) is 118 cm³/mol. The number of hydrogen-bond acceptors (Lipinski definition) is 5. The van der Waals surface area contributed by atoms with E-state index in [0.717, 1.165) is 28.0 Å². The lowest BCUT2D eigenvalue weighted by atomic mass is 9.93. The first-order chi connectivity index (χ1) is 14.0. The van der Waals surface area contributed by atoms with Crippen molar-refractivity contribution in [2.75, 3.05) is 5.32 Å². The third-order valence-corrected chi connectivity index (χ3v) is 4.93. The number of aryl methyl sites for hydroxylation is 1. The standard InChI is InChI=1S/C21H17BBrFN4O/c1-12-3-2-4-14(27-12)10-29-20-9-19-15(8-16(20)22)21(26-11-25-19)28-18-6-5-13(23)7-17(18)24/h2-9,11H,10,22H2,1H3,(H,25,26,28). The fraction of sp³-hybridized carbons (Fsp3) is 0.0952. The lowest BCUT2D eigenvalue weighted by Gasteiger charge is -2.13. The Hall–Kier alpha value is -3.00. The minimum absolute atomic E-state index is 0.344. The van der Waals surface area contributed by atoms with Crippen molar-refractivity contribution in [2.45, 2.75) is 13.5 Å². The monoisotopic (exact) mass is 450 g/mol. The van der Waals surface area contributed by atoms with E-state index < -0.39 is 0 Å². The average Bonchev–Trinajstić information content (AvgIpc) is 2.69. The van der Waals surface area contributed by atoms with Gasteiger partial charge >= 0.3 is 0 Å². The molecule has 2 aromatic carbocycles. The molecule has 0 saturated carbocycles. The zero-order valence-electron chi connectivity index (χ0n) is 15.9. The van der Waals surface area contributed by atoms with E-state index in [1.165, 1.54) is 12.4 Å². The molecule has 8 heteroatoms. The van der Waals surface area contributed by atoms with Gasteiger partial charge in [0.25, 0.3) is 0 Å². The normalized spacial score (nSPS) is 10.9. The fourth-order valence-electron chi connectivity index (χ4n) is 3.00. The topological polar surface area (TPSA) is 59.9 Å². The van der Waals surface area contributed by atoms with Gasteiger partial charge in [-0.2, -0.15) is 0 Å². The Morgan fingerprint density at radius 1 is 1.14 bits per heavy atom. The van der Waals surface area contributed by atoms with E-state index >= 15 is 0 Å². The van der Waals surface area contributed by atoms with E-state index in [1.54, 1.807) is 12.1 Å². The van der Waals surface area contributed by atoms with Crippen molar-refractivity contribution in [1.29, 1.82) is 0 Å². The van der Waals surface area contributed by atoms with Crippen molar-refractivity contribution in [3.05, 3.63) is 76.5 Å². The summed E-state index contributed by atoms with van der Waals surface area (Å²) in [6.07, 6.45) is 1.45. The van der Waals surface area contributed by atoms with E-state index in [-0.39, 0.29) is 5.82 Å². The summed E-state index contributed by atoms with van der Waals surface area (Å²) >= 11 is 3.26. The van der Waals surface area contributed by atoms with Gasteiger partial charge in [-0.05, 0) is 42.7 Å². The van der Waals surface area contributed by atoms with Crippen LogP contribution in [0.4, 0.5) is 15.9 Å². The van der Waals surface area contributed by atoms with Gasteiger partial charge in [-0.25, -0.2) is 14.4 Å². The number of nitrogens with one attached hydrogen (secondary N) is 1. The van der Waals surface area contributed by atoms with Crippen LogP contribution in [0.5, 0.6) is 5.75 Å². The molecule has 0 amide bonds. The van der Waals surface area contributed by atoms with E-state index in [2.05, 4.69) is 36.2 Å². The van der Waals surface area contributed by atoms with Crippen molar-refractivity contribution >= 4 is 51.6 Å². The maximum Gasteiger partial charge on any atom is 0.147 e. The Balaban J connectivity index is 1.63. The molecule has 2 heterocycles. The second kappa shape index (κ2) is 8.17. The molecule has 2 aromatic heterocycles. The van der Waals surface area contributed by atoms with E-state index in [9.17, 15) is 4.39 Å². The van der Waals surface area contributed by atoms with Crippen molar-refractivity contribution < 1.29 is 9.13 Å². The maximum absolute atomic E-state index is 14.2. The third kappa shape index (κ3) is 4.37. The molecule has 5 nitrogen and oxygen atoms in total. The van der Waals surface area contributed by atoms with E-state index in [4.69, 9.17) is 4.74 Å². The molecule has 4 rings (SSSR count). The first-order valence-corrected chi connectivity index (χ1v) is 9.81. The Kier molecular flexibility index (Phi) is 5.44. The molecule has 1 N–H and O–H groups in total. The van der Waals surface area contributed by atoms with Crippen LogP contribution < -0.4 is 15.5 Å². The number of rotatable bonds is 5. The van der Waals surface area contributed by atoms with Gasteiger partial charge in [0.1, 0.15) is 38.2 Å². The highest BCUT2D eigenvalue weighted by Gasteiger charge is 2.11. The number of halogens is 2. The average molecular weight is 451 g/mol. The van der Waals surface area contributed by atoms with Crippen molar-refractivity contribution in [2.24, 2.45) is 0 Å². The molecule has 0 aliphatic heterocycles. The quantitative estimate of drug-likeness (QED) is 0.468. The molecule has 0 saturated heterocycles. The second-order valence-electron chi connectivity index (χ2n) is 6.67. The summed E-state index contributed by atoms with van der Waals surface area (Å²) < 4.78 is 20.9.